The fourth-order valence-electron chi connectivity index (χ4n) is 2.02. The minimum absolute atomic E-state index is 0.687. The van der Waals surface area contributed by atoms with Gasteiger partial charge in [-0.3, -0.25) is 0 Å². The smallest absolute Gasteiger partial charge is 0.0700 e. The van der Waals surface area contributed by atoms with Crippen LogP contribution in [0.3, 0.4) is 0 Å². The molecule has 1 heterocycles. The van der Waals surface area contributed by atoms with Crippen molar-refractivity contribution in [2.45, 2.75) is 0 Å². The maximum atomic E-state index is 6.02. The molecule has 0 saturated carbocycles. The summed E-state index contributed by atoms with van der Waals surface area (Å²) in [5.41, 5.74) is 8.75. The minimum Gasteiger partial charge on any atom is -0.397 e. The lowest BCUT2D eigenvalue weighted by Gasteiger charge is -2.09. The van der Waals surface area contributed by atoms with E-state index in [1.165, 1.54) is 5.39 Å². The molecule has 0 unspecified atom stereocenters. The maximum absolute atomic E-state index is 6.02. The highest BCUT2D eigenvalue weighted by atomic mass is 35.5. The first-order valence-electron chi connectivity index (χ1n) is 5.37. The van der Waals surface area contributed by atoms with Gasteiger partial charge in [0.2, 0.25) is 0 Å². The molecule has 84 valence electrons. The Hall–Kier alpha value is -1.93. The zero-order valence-corrected chi connectivity index (χ0v) is 9.85. The van der Waals surface area contributed by atoms with Crippen LogP contribution in [0.2, 0.25) is 5.02 Å². The molecule has 2 aromatic carbocycles. The van der Waals surface area contributed by atoms with Gasteiger partial charge in [0.25, 0.3) is 0 Å². The number of nitrogen functional groups attached to an aromatic ring is 1. The molecule has 3 aromatic rings. The predicted octanol–water partition coefficient (Wildman–Crippen LogP) is 3.87. The summed E-state index contributed by atoms with van der Waals surface area (Å²) in [5.74, 6) is 0. The lowest BCUT2D eigenvalue weighted by atomic mass is 10.2. The van der Waals surface area contributed by atoms with E-state index in [0.717, 1.165) is 16.9 Å². The molecule has 0 atom stereocenters. The highest BCUT2D eigenvalue weighted by molar-refractivity contribution is 6.30. The molecule has 0 aliphatic carbocycles. The summed E-state index contributed by atoms with van der Waals surface area (Å²) in [7, 11) is 0. The second kappa shape index (κ2) is 3.82. The van der Waals surface area contributed by atoms with Crippen LogP contribution in [0.15, 0.2) is 54.7 Å². The summed E-state index contributed by atoms with van der Waals surface area (Å²) in [5, 5.41) is 1.87. The van der Waals surface area contributed by atoms with E-state index < -0.39 is 0 Å². The van der Waals surface area contributed by atoms with E-state index >= 15 is 0 Å². The van der Waals surface area contributed by atoms with Crippen LogP contribution in [0.4, 0.5) is 5.69 Å². The highest BCUT2D eigenvalue weighted by Gasteiger charge is 2.06. The van der Waals surface area contributed by atoms with Gasteiger partial charge in [0.15, 0.2) is 0 Å². The van der Waals surface area contributed by atoms with Gasteiger partial charge in [0.05, 0.1) is 16.9 Å². The van der Waals surface area contributed by atoms with Crippen molar-refractivity contribution in [2.24, 2.45) is 0 Å². The lowest BCUT2D eigenvalue weighted by molar-refractivity contribution is 1.13. The molecule has 0 amide bonds. The molecule has 2 N–H and O–H groups in total. The fraction of sp³-hybridized carbons (Fsp3) is 0. The van der Waals surface area contributed by atoms with Gasteiger partial charge in [-0.15, -0.1) is 0 Å². The Morgan fingerprint density at radius 3 is 2.71 bits per heavy atom. The average molecular weight is 243 g/mol. The topological polar surface area (TPSA) is 30.9 Å². The SMILES string of the molecule is Nc1ccc(Cl)cc1-n1ccc2ccccc21. The Balaban J connectivity index is 2.31. The van der Waals surface area contributed by atoms with E-state index in [0.29, 0.717) is 5.02 Å². The van der Waals surface area contributed by atoms with Gasteiger partial charge in [-0.1, -0.05) is 29.8 Å². The van der Waals surface area contributed by atoms with Crippen molar-refractivity contribution in [1.29, 1.82) is 0 Å². The Bertz CT molecular complexity index is 686. The van der Waals surface area contributed by atoms with E-state index in [2.05, 4.69) is 22.8 Å². The third-order valence-electron chi connectivity index (χ3n) is 2.85. The van der Waals surface area contributed by atoms with Crippen molar-refractivity contribution in [3.8, 4) is 5.69 Å². The van der Waals surface area contributed by atoms with Crippen LogP contribution in [0.1, 0.15) is 0 Å². The normalized spacial score (nSPS) is 10.9. The molecule has 3 rings (SSSR count). The molecule has 0 aliphatic rings. The molecule has 0 saturated heterocycles. The number of hydrogen-bond acceptors (Lipinski definition) is 1. The molecule has 3 heteroatoms. The second-order valence-electron chi connectivity index (χ2n) is 3.95. The van der Waals surface area contributed by atoms with Gasteiger partial charge in [-0.05, 0) is 35.7 Å². The molecule has 0 spiro atoms. The number of aromatic nitrogens is 1. The Kier molecular flexibility index (Phi) is 2.30. The number of benzene rings is 2. The van der Waals surface area contributed by atoms with E-state index in [1.54, 1.807) is 6.07 Å². The fourth-order valence-corrected chi connectivity index (χ4v) is 2.18. The highest BCUT2D eigenvalue weighted by Crippen LogP contribution is 2.26. The van der Waals surface area contributed by atoms with Gasteiger partial charge >= 0.3 is 0 Å². The summed E-state index contributed by atoms with van der Waals surface area (Å²) in [6.07, 6.45) is 2.01. The first-order chi connectivity index (χ1) is 8.25. The summed E-state index contributed by atoms with van der Waals surface area (Å²) < 4.78 is 2.05. The van der Waals surface area contributed by atoms with Crippen molar-refractivity contribution >= 4 is 28.2 Å². The Morgan fingerprint density at radius 2 is 1.82 bits per heavy atom. The van der Waals surface area contributed by atoms with Crippen molar-refractivity contribution in [3.05, 3.63) is 59.8 Å². The standard InChI is InChI=1S/C14H11ClN2/c15-11-5-6-12(16)14(9-11)17-8-7-10-3-1-2-4-13(10)17/h1-9H,16H2. The van der Waals surface area contributed by atoms with Crippen molar-refractivity contribution in [3.63, 3.8) is 0 Å². The van der Waals surface area contributed by atoms with Crippen LogP contribution in [-0.4, -0.2) is 4.57 Å². The molecule has 0 radical (unpaired) electrons. The number of nitrogens with two attached hydrogens (primary N) is 1. The summed E-state index contributed by atoms with van der Waals surface area (Å²) in [6, 6.07) is 15.7. The minimum atomic E-state index is 0.687. The molecule has 0 aliphatic heterocycles. The zero-order valence-electron chi connectivity index (χ0n) is 9.10. The molecule has 17 heavy (non-hydrogen) atoms. The van der Waals surface area contributed by atoms with Gasteiger partial charge < -0.3 is 10.3 Å². The van der Waals surface area contributed by atoms with Gasteiger partial charge in [-0.2, -0.15) is 0 Å². The Labute approximate surface area is 104 Å². The van der Waals surface area contributed by atoms with Crippen molar-refractivity contribution < 1.29 is 0 Å². The van der Waals surface area contributed by atoms with Crippen molar-refractivity contribution in [1.82, 2.24) is 4.57 Å². The third kappa shape index (κ3) is 1.67. The zero-order chi connectivity index (χ0) is 11.8. The first-order valence-corrected chi connectivity index (χ1v) is 5.75. The van der Waals surface area contributed by atoms with Crippen LogP contribution in [0.5, 0.6) is 0 Å². The largest absolute Gasteiger partial charge is 0.397 e. The number of fused-ring (bicyclic) bond motifs is 1. The number of anilines is 1. The molecule has 0 fully saturated rings. The number of rotatable bonds is 1. The predicted molar refractivity (Wildman–Crippen MR) is 72.7 cm³/mol. The molecular formula is C14H11ClN2. The van der Waals surface area contributed by atoms with Gasteiger partial charge in [0.1, 0.15) is 0 Å². The summed E-state index contributed by atoms with van der Waals surface area (Å²) in [4.78, 5) is 0. The van der Waals surface area contributed by atoms with Crippen LogP contribution >= 0.6 is 11.6 Å². The van der Waals surface area contributed by atoms with Crippen LogP contribution in [-0.2, 0) is 0 Å². The van der Waals surface area contributed by atoms with E-state index in [4.69, 9.17) is 17.3 Å². The Morgan fingerprint density at radius 1 is 1.00 bits per heavy atom. The average Bonchev–Trinajstić information content (AvgIpc) is 2.76. The van der Waals surface area contributed by atoms with E-state index in [9.17, 15) is 0 Å². The van der Waals surface area contributed by atoms with Crippen LogP contribution in [0, 0.1) is 0 Å². The molecular weight excluding hydrogens is 232 g/mol. The molecule has 0 bridgehead atoms. The van der Waals surface area contributed by atoms with Crippen LogP contribution in [0.25, 0.3) is 16.6 Å². The number of hydrogen-bond donors (Lipinski definition) is 1. The molecule has 1 aromatic heterocycles. The monoisotopic (exact) mass is 242 g/mol. The number of halogens is 1. The summed E-state index contributed by atoms with van der Waals surface area (Å²) in [6.45, 7) is 0. The van der Waals surface area contributed by atoms with E-state index in [-0.39, 0.29) is 0 Å². The van der Waals surface area contributed by atoms with Crippen LogP contribution < -0.4 is 5.73 Å². The number of para-hydroxylation sites is 1. The van der Waals surface area contributed by atoms with Gasteiger partial charge in [-0.25, -0.2) is 0 Å². The van der Waals surface area contributed by atoms with Crippen molar-refractivity contribution in [2.75, 3.05) is 5.73 Å². The van der Waals surface area contributed by atoms with E-state index in [1.807, 2.05) is 30.5 Å². The lowest BCUT2D eigenvalue weighted by Crippen LogP contribution is -1.97. The first kappa shape index (κ1) is 10.2. The number of nitrogens with zero attached hydrogens (tertiary/aromatic N) is 1. The quantitative estimate of drug-likeness (QED) is 0.646. The third-order valence-corrected chi connectivity index (χ3v) is 3.09. The second-order valence-corrected chi connectivity index (χ2v) is 4.38. The maximum Gasteiger partial charge on any atom is 0.0700 e. The van der Waals surface area contributed by atoms with Gasteiger partial charge in [0, 0.05) is 11.2 Å². The molecule has 2 nitrogen and oxygen atoms in total. The summed E-state index contributed by atoms with van der Waals surface area (Å²) >= 11 is 6.02.